The fraction of sp³-hybridized carbons (Fsp3) is 0.607. The number of fused-ring (bicyclic) bond motifs is 1. The van der Waals surface area contributed by atoms with Gasteiger partial charge in [-0.2, -0.15) is 0 Å². The van der Waals surface area contributed by atoms with Crippen LogP contribution in [0.4, 0.5) is 0 Å². The molecule has 1 unspecified atom stereocenters. The number of carbonyl (C=O) groups excluding carboxylic acids is 1. The third-order valence-corrected chi connectivity index (χ3v) is 8.56. The van der Waals surface area contributed by atoms with E-state index in [2.05, 4.69) is 51.3 Å². The molecule has 1 saturated heterocycles. The Morgan fingerprint density at radius 3 is 2.69 bits per heavy atom. The van der Waals surface area contributed by atoms with Crippen LogP contribution in [0.2, 0.25) is 0 Å². The van der Waals surface area contributed by atoms with Gasteiger partial charge in [-0.3, -0.25) is 0 Å². The average Bonchev–Trinajstić information content (AvgIpc) is 3.26. The minimum atomic E-state index is -0.639. The van der Waals surface area contributed by atoms with Gasteiger partial charge in [0, 0.05) is 18.4 Å². The van der Waals surface area contributed by atoms with E-state index in [1.165, 1.54) is 31.3 Å². The number of carbonyl (C=O) groups is 1. The Morgan fingerprint density at radius 2 is 1.97 bits per heavy atom. The first-order valence-corrected chi connectivity index (χ1v) is 12.2. The van der Waals surface area contributed by atoms with Gasteiger partial charge in [0.15, 0.2) is 0 Å². The summed E-state index contributed by atoms with van der Waals surface area (Å²) in [6.45, 7) is 12.6. The molecule has 0 aromatic carbocycles. The first kappa shape index (κ1) is 23.3. The summed E-state index contributed by atoms with van der Waals surface area (Å²) >= 11 is 0. The van der Waals surface area contributed by atoms with Crippen molar-refractivity contribution in [2.75, 3.05) is 0 Å². The van der Waals surface area contributed by atoms with Crippen LogP contribution in [0.3, 0.4) is 0 Å². The summed E-state index contributed by atoms with van der Waals surface area (Å²) in [5, 5.41) is 20.2. The van der Waals surface area contributed by atoms with Crippen LogP contribution in [-0.2, 0) is 9.53 Å². The fourth-order valence-electron chi connectivity index (χ4n) is 6.74. The highest BCUT2D eigenvalue weighted by Crippen LogP contribution is 2.59. The van der Waals surface area contributed by atoms with Crippen LogP contribution in [0.25, 0.3) is 0 Å². The van der Waals surface area contributed by atoms with Crippen molar-refractivity contribution in [3.05, 3.63) is 59.8 Å². The van der Waals surface area contributed by atoms with Gasteiger partial charge in [0.05, 0.1) is 12.2 Å². The van der Waals surface area contributed by atoms with Gasteiger partial charge < -0.3 is 14.9 Å². The minimum absolute atomic E-state index is 0.162. The second-order valence-electron chi connectivity index (χ2n) is 10.7. The monoisotopic (exact) mass is 438 g/mol. The molecule has 1 heterocycles. The lowest BCUT2D eigenvalue weighted by Crippen LogP contribution is -2.35. The molecule has 174 valence electrons. The molecule has 0 aromatic heterocycles. The molecule has 1 aliphatic heterocycles. The molecule has 0 spiro atoms. The van der Waals surface area contributed by atoms with Gasteiger partial charge in [0.25, 0.3) is 0 Å². The maximum absolute atomic E-state index is 11.6. The molecule has 4 nitrogen and oxygen atoms in total. The van der Waals surface area contributed by atoms with E-state index in [1.807, 2.05) is 0 Å². The number of aliphatic hydroxyl groups excluding tert-OH is 2. The molecular weight excluding hydrogens is 400 g/mol. The number of aliphatic hydroxyl groups is 2. The van der Waals surface area contributed by atoms with E-state index in [4.69, 9.17) is 4.74 Å². The zero-order valence-corrected chi connectivity index (χ0v) is 19.6. The molecule has 4 fully saturated rings. The second kappa shape index (κ2) is 9.15. The van der Waals surface area contributed by atoms with Gasteiger partial charge >= 0.3 is 5.97 Å². The maximum Gasteiger partial charge on any atom is 0.334 e. The van der Waals surface area contributed by atoms with Gasteiger partial charge in [-0.05, 0) is 78.9 Å². The Balaban J connectivity index is 1.47. The number of rotatable bonds is 4. The normalized spacial score (nSPS) is 41.5. The van der Waals surface area contributed by atoms with Crippen molar-refractivity contribution in [3.63, 3.8) is 0 Å². The molecule has 2 N–H and O–H groups in total. The molecule has 4 heteroatoms. The molecule has 32 heavy (non-hydrogen) atoms. The summed E-state index contributed by atoms with van der Waals surface area (Å²) < 4.78 is 5.37. The highest BCUT2D eigenvalue weighted by Gasteiger charge is 2.50. The van der Waals surface area contributed by atoms with Gasteiger partial charge in [0.2, 0.25) is 0 Å². The van der Waals surface area contributed by atoms with Crippen LogP contribution in [-0.4, -0.2) is 34.5 Å². The zero-order chi connectivity index (χ0) is 23.0. The van der Waals surface area contributed by atoms with Gasteiger partial charge in [0.1, 0.15) is 6.10 Å². The van der Waals surface area contributed by atoms with Gasteiger partial charge in [-0.25, -0.2) is 4.79 Å². The molecule has 4 rings (SSSR count). The lowest BCUT2D eigenvalue weighted by Gasteiger charge is -2.44. The van der Waals surface area contributed by atoms with E-state index in [0.717, 1.165) is 17.6 Å². The van der Waals surface area contributed by atoms with Crippen molar-refractivity contribution in [3.8, 4) is 0 Å². The third-order valence-electron chi connectivity index (χ3n) is 8.56. The zero-order valence-electron chi connectivity index (χ0n) is 19.6. The Kier molecular flexibility index (Phi) is 6.65. The van der Waals surface area contributed by atoms with E-state index >= 15 is 0 Å². The summed E-state index contributed by atoms with van der Waals surface area (Å²) in [7, 11) is 0. The molecule has 4 aliphatic rings. The van der Waals surface area contributed by atoms with Crippen molar-refractivity contribution in [2.45, 2.75) is 83.5 Å². The van der Waals surface area contributed by atoms with Crippen molar-refractivity contribution in [1.29, 1.82) is 0 Å². The quantitative estimate of drug-likeness (QED) is 0.360. The summed E-state index contributed by atoms with van der Waals surface area (Å²) in [6.07, 6.45) is 14.9. The Morgan fingerprint density at radius 1 is 1.19 bits per heavy atom. The number of hydrogen-bond donors (Lipinski definition) is 2. The fourth-order valence-corrected chi connectivity index (χ4v) is 6.74. The largest absolute Gasteiger partial charge is 0.454 e. The van der Waals surface area contributed by atoms with Crippen molar-refractivity contribution in [2.24, 2.45) is 23.2 Å². The number of ether oxygens (including phenoxy) is 1. The van der Waals surface area contributed by atoms with Crippen LogP contribution in [0, 0.1) is 23.2 Å². The van der Waals surface area contributed by atoms with Crippen LogP contribution in [0.5, 0.6) is 0 Å². The predicted octanol–water partition coefficient (Wildman–Crippen LogP) is 5.19. The van der Waals surface area contributed by atoms with Crippen LogP contribution in [0.15, 0.2) is 59.8 Å². The van der Waals surface area contributed by atoms with Gasteiger partial charge in [-0.15, -0.1) is 0 Å². The minimum Gasteiger partial charge on any atom is -0.454 e. The number of hydrogen-bond acceptors (Lipinski definition) is 4. The predicted molar refractivity (Wildman–Crippen MR) is 127 cm³/mol. The van der Waals surface area contributed by atoms with Crippen LogP contribution >= 0.6 is 0 Å². The maximum atomic E-state index is 11.6. The molecule has 7 atom stereocenters. The lowest BCUT2D eigenvalue weighted by atomic mass is 9.61. The number of allylic oxidation sites excluding steroid dienone is 4. The summed E-state index contributed by atoms with van der Waals surface area (Å²) in [5.74, 6) is 1.34. The first-order valence-electron chi connectivity index (χ1n) is 12.2. The Hall–Kier alpha value is -1.91. The number of cyclic esters (lactones) is 1. The molecule has 0 amide bonds. The summed E-state index contributed by atoms with van der Waals surface area (Å²) in [4.78, 5) is 11.6. The number of esters is 1. The van der Waals surface area contributed by atoms with Crippen LogP contribution < -0.4 is 0 Å². The third kappa shape index (κ3) is 4.45. The Bertz CT molecular complexity index is 862. The SMILES string of the molecule is C=C1CC(C=C[C@@H](C)[C@H]2CC[C@H]3C(=CC=C4C[C@@H](O)C[C@H](O)C4=C)CCC[C@]23C)OC1=O. The highest BCUT2D eigenvalue weighted by atomic mass is 16.5. The van der Waals surface area contributed by atoms with Crippen molar-refractivity contribution >= 4 is 5.97 Å². The van der Waals surface area contributed by atoms with E-state index in [9.17, 15) is 15.0 Å². The molecule has 0 bridgehead atoms. The van der Waals surface area contributed by atoms with Crippen molar-refractivity contribution in [1.82, 2.24) is 0 Å². The molecule has 0 aromatic rings. The van der Waals surface area contributed by atoms with E-state index in [-0.39, 0.29) is 17.5 Å². The smallest absolute Gasteiger partial charge is 0.334 e. The second-order valence-corrected chi connectivity index (χ2v) is 10.7. The lowest BCUT2D eigenvalue weighted by molar-refractivity contribution is -0.137. The molecule has 3 aliphatic carbocycles. The van der Waals surface area contributed by atoms with Gasteiger partial charge in [-0.1, -0.05) is 50.8 Å². The van der Waals surface area contributed by atoms with Crippen molar-refractivity contribution < 1.29 is 19.7 Å². The standard InChI is InChI=1S/C28H38O4/c1-17(7-10-23-14-18(2)27(31)32-23)24-11-12-25-20(6-5-13-28(24,25)4)8-9-21-15-22(29)16-26(30)19(21)3/h7-10,17,22-26,29-30H,2-3,5-6,11-16H2,1,4H3/t17-,22-,23?,24-,25+,26+,28-/m1/s1. The Labute approximate surface area is 192 Å². The first-order chi connectivity index (χ1) is 15.2. The van der Waals surface area contributed by atoms with Crippen LogP contribution in [0.1, 0.15) is 65.2 Å². The summed E-state index contributed by atoms with van der Waals surface area (Å²) in [6, 6.07) is 0. The summed E-state index contributed by atoms with van der Waals surface area (Å²) in [5.41, 5.74) is 4.08. The molecule has 0 radical (unpaired) electrons. The van der Waals surface area contributed by atoms with E-state index in [0.29, 0.717) is 42.6 Å². The average molecular weight is 439 g/mol. The molecule has 3 saturated carbocycles. The highest BCUT2D eigenvalue weighted by molar-refractivity contribution is 5.90. The van der Waals surface area contributed by atoms with E-state index < -0.39 is 12.2 Å². The van der Waals surface area contributed by atoms with E-state index in [1.54, 1.807) is 0 Å². The topological polar surface area (TPSA) is 66.8 Å². The molecular formula is C28H38O4.